The summed E-state index contributed by atoms with van der Waals surface area (Å²) in [5, 5.41) is 14.9. The van der Waals surface area contributed by atoms with E-state index in [1.165, 1.54) is 48.2 Å². The number of nitrogens with zero attached hydrogens (tertiary/aromatic N) is 3. The van der Waals surface area contributed by atoms with E-state index in [9.17, 15) is 23.3 Å². The Bertz CT molecular complexity index is 1940. The highest BCUT2D eigenvalue weighted by atomic mass is 32.2. The Labute approximate surface area is 285 Å². The number of aromatic nitrogens is 1. The molecule has 49 heavy (non-hydrogen) atoms. The van der Waals surface area contributed by atoms with Crippen LogP contribution in [0.25, 0.3) is 11.3 Å². The number of sulfonamides is 1. The fraction of sp³-hybridized carbons (Fsp3) is 0.351. The van der Waals surface area contributed by atoms with Crippen molar-refractivity contribution in [2.75, 3.05) is 36.5 Å². The van der Waals surface area contributed by atoms with Crippen molar-refractivity contribution in [3.8, 4) is 11.3 Å². The fourth-order valence-corrected chi connectivity index (χ4v) is 7.92. The Hall–Kier alpha value is -4.81. The minimum atomic E-state index is -4.39. The third kappa shape index (κ3) is 7.30. The van der Waals surface area contributed by atoms with Gasteiger partial charge in [-0.15, -0.1) is 0 Å². The number of rotatable bonds is 11. The van der Waals surface area contributed by atoms with E-state index in [4.69, 9.17) is 9.72 Å². The van der Waals surface area contributed by atoms with Gasteiger partial charge in [0.05, 0.1) is 33.4 Å². The summed E-state index contributed by atoms with van der Waals surface area (Å²) in [5.41, 5.74) is 5.46. The lowest BCUT2D eigenvalue weighted by Gasteiger charge is -2.28. The first-order valence-electron chi connectivity index (χ1n) is 16.9. The molecule has 3 heterocycles. The first-order valence-corrected chi connectivity index (χ1v) is 18.3. The monoisotopic (exact) mass is 681 g/mol. The average Bonchev–Trinajstić information content (AvgIpc) is 3.86. The minimum absolute atomic E-state index is 0.127. The van der Waals surface area contributed by atoms with Crippen molar-refractivity contribution in [3.63, 3.8) is 0 Å². The van der Waals surface area contributed by atoms with E-state index in [0.717, 1.165) is 55.2 Å². The molecular formula is C37H39N5O6S. The standard InChI is InChI=1S/C37H39N5O6S/c43-37(40-49(46,47)30-14-16-34(36(22-30)42(44)45)38-23-25-17-20-48-21-18-25)28-11-9-27(10-12-28)33-15-13-29(24-39-33)41-19-3-6-35(41)32-5-2-1-4-31(32)26-7-8-26/h1-2,4-5,9-16,22,24-26,35,38H,3,6-8,17-21,23H2,(H,40,43). The van der Waals surface area contributed by atoms with Crippen LogP contribution in [0.5, 0.6) is 0 Å². The molecule has 1 aromatic heterocycles. The number of hydrogen-bond acceptors (Lipinski definition) is 9. The quantitative estimate of drug-likeness (QED) is 0.129. The smallest absolute Gasteiger partial charge is 0.293 e. The van der Waals surface area contributed by atoms with Crippen molar-refractivity contribution >= 4 is 33.0 Å². The number of benzene rings is 3. The second kappa shape index (κ2) is 14.0. The maximum Gasteiger partial charge on any atom is 0.293 e. The van der Waals surface area contributed by atoms with Crippen LogP contribution < -0.4 is 14.9 Å². The number of nitro groups is 1. The predicted octanol–water partition coefficient (Wildman–Crippen LogP) is 6.83. The SMILES string of the molecule is O=C(NS(=O)(=O)c1ccc(NCC2CCOCC2)c([N+](=O)[O-])c1)c1ccc(-c2ccc(N3CCCC3c3ccccc3C3CC3)cn2)cc1. The zero-order chi connectivity index (χ0) is 34.0. The van der Waals surface area contributed by atoms with Gasteiger partial charge < -0.3 is 15.0 Å². The van der Waals surface area contributed by atoms with Gasteiger partial charge in [0.2, 0.25) is 0 Å². The van der Waals surface area contributed by atoms with Crippen molar-refractivity contribution in [3.05, 3.63) is 112 Å². The highest BCUT2D eigenvalue weighted by Crippen LogP contribution is 2.46. The largest absolute Gasteiger partial charge is 0.381 e. The van der Waals surface area contributed by atoms with Crippen LogP contribution in [0.2, 0.25) is 0 Å². The summed E-state index contributed by atoms with van der Waals surface area (Å²) in [6, 6.07) is 23.3. The van der Waals surface area contributed by atoms with Crippen molar-refractivity contribution in [2.45, 2.75) is 55.4 Å². The van der Waals surface area contributed by atoms with Gasteiger partial charge in [-0.25, -0.2) is 13.1 Å². The number of carbonyl (C=O) groups is 1. The van der Waals surface area contributed by atoms with Gasteiger partial charge >= 0.3 is 0 Å². The molecule has 3 aliphatic rings. The number of carbonyl (C=O) groups excluding carboxylic acids is 1. The molecule has 1 atom stereocenters. The Balaban J connectivity index is 1.01. The first kappa shape index (κ1) is 32.7. The summed E-state index contributed by atoms with van der Waals surface area (Å²) in [6.07, 6.45) is 8.36. The summed E-state index contributed by atoms with van der Waals surface area (Å²) in [4.78, 5) is 30.9. The van der Waals surface area contributed by atoms with Gasteiger partial charge in [-0.1, -0.05) is 36.4 Å². The summed E-state index contributed by atoms with van der Waals surface area (Å²) in [5.74, 6) is 0.151. The first-order chi connectivity index (χ1) is 23.8. The van der Waals surface area contributed by atoms with E-state index in [0.29, 0.717) is 37.6 Å². The van der Waals surface area contributed by atoms with Gasteiger partial charge in [-0.2, -0.15) is 0 Å². The second-order valence-corrected chi connectivity index (χ2v) is 14.7. The highest BCUT2D eigenvalue weighted by Gasteiger charge is 2.33. The molecule has 1 aliphatic carbocycles. The van der Waals surface area contributed by atoms with Crippen molar-refractivity contribution in [1.29, 1.82) is 0 Å². The second-order valence-electron chi connectivity index (χ2n) is 13.0. The summed E-state index contributed by atoms with van der Waals surface area (Å²) in [7, 11) is -4.39. The number of nitrogens with one attached hydrogen (secondary N) is 2. The Morgan fingerprint density at radius 2 is 1.69 bits per heavy atom. The van der Waals surface area contributed by atoms with Crippen LogP contribution in [0.3, 0.4) is 0 Å². The normalized spacial score (nSPS) is 18.3. The fourth-order valence-electron chi connectivity index (χ4n) is 6.92. The number of pyridine rings is 1. The van der Waals surface area contributed by atoms with Crippen LogP contribution in [0, 0.1) is 16.0 Å². The van der Waals surface area contributed by atoms with Gasteiger partial charge in [-0.3, -0.25) is 19.9 Å². The highest BCUT2D eigenvalue weighted by molar-refractivity contribution is 7.90. The average molecular weight is 682 g/mol. The van der Waals surface area contributed by atoms with Crippen LogP contribution in [-0.2, 0) is 14.8 Å². The van der Waals surface area contributed by atoms with E-state index in [2.05, 4.69) is 40.5 Å². The number of anilines is 2. The molecular weight excluding hydrogens is 643 g/mol. The van der Waals surface area contributed by atoms with E-state index in [1.54, 1.807) is 12.1 Å². The van der Waals surface area contributed by atoms with Crippen LogP contribution in [0.15, 0.2) is 90.0 Å². The molecule has 2 aliphatic heterocycles. The van der Waals surface area contributed by atoms with Gasteiger partial charge in [0.1, 0.15) is 5.69 Å². The molecule has 12 heteroatoms. The lowest BCUT2D eigenvalue weighted by molar-refractivity contribution is -0.384. The zero-order valence-electron chi connectivity index (χ0n) is 27.1. The third-order valence-corrected chi connectivity index (χ3v) is 11.1. The number of ether oxygens (including phenoxy) is 1. The van der Waals surface area contributed by atoms with E-state index < -0.39 is 20.9 Å². The zero-order valence-corrected chi connectivity index (χ0v) is 27.9. The molecule has 7 rings (SSSR count). The van der Waals surface area contributed by atoms with Gasteiger partial charge in [0, 0.05) is 43.5 Å². The van der Waals surface area contributed by atoms with Crippen molar-refractivity contribution < 1.29 is 22.9 Å². The van der Waals surface area contributed by atoms with Crippen molar-refractivity contribution in [2.24, 2.45) is 5.92 Å². The third-order valence-electron chi connectivity index (χ3n) is 9.77. The number of nitro benzene ring substituents is 1. The summed E-state index contributed by atoms with van der Waals surface area (Å²) >= 11 is 0. The van der Waals surface area contributed by atoms with Gasteiger partial charge in [-0.05, 0) is 97.9 Å². The molecule has 1 unspecified atom stereocenters. The molecule has 2 saturated heterocycles. The predicted molar refractivity (Wildman–Crippen MR) is 187 cm³/mol. The molecule has 4 aromatic rings. The molecule has 0 radical (unpaired) electrons. The molecule has 1 amide bonds. The molecule has 2 N–H and O–H groups in total. The maximum atomic E-state index is 13.1. The molecule has 0 bridgehead atoms. The Morgan fingerprint density at radius 1 is 0.939 bits per heavy atom. The van der Waals surface area contributed by atoms with Crippen LogP contribution in [0.1, 0.15) is 72.0 Å². The lowest BCUT2D eigenvalue weighted by atomic mass is 9.95. The van der Waals surface area contributed by atoms with Gasteiger partial charge in [0.25, 0.3) is 21.6 Å². The Kier molecular flexibility index (Phi) is 9.33. The minimum Gasteiger partial charge on any atom is -0.381 e. The molecule has 1 saturated carbocycles. The van der Waals surface area contributed by atoms with E-state index >= 15 is 0 Å². The number of hydrogen-bond donors (Lipinski definition) is 2. The maximum absolute atomic E-state index is 13.1. The molecule has 3 fully saturated rings. The summed E-state index contributed by atoms with van der Waals surface area (Å²) in [6.45, 7) is 2.78. The molecule has 254 valence electrons. The van der Waals surface area contributed by atoms with E-state index in [1.807, 2.05) is 17.0 Å². The molecule has 11 nitrogen and oxygen atoms in total. The Morgan fingerprint density at radius 3 is 2.39 bits per heavy atom. The van der Waals surface area contributed by atoms with Crippen LogP contribution in [-0.4, -0.2) is 50.5 Å². The topological polar surface area (TPSA) is 144 Å². The van der Waals surface area contributed by atoms with Crippen LogP contribution in [0.4, 0.5) is 17.1 Å². The van der Waals surface area contributed by atoms with Gasteiger partial charge in [0.15, 0.2) is 0 Å². The molecule has 3 aromatic carbocycles. The van der Waals surface area contributed by atoms with Crippen LogP contribution >= 0.6 is 0 Å². The van der Waals surface area contributed by atoms with E-state index in [-0.39, 0.29) is 21.8 Å². The lowest BCUT2D eigenvalue weighted by Crippen LogP contribution is -2.30. The summed E-state index contributed by atoms with van der Waals surface area (Å²) < 4.78 is 33.6. The number of amides is 1. The molecule has 0 spiro atoms. The van der Waals surface area contributed by atoms with Crippen molar-refractivity contribution in [1.82, 2.24) is 9.71 Å².